The Morgan fingerprint density at radius 3 is 2.56 bits per heavy atom. The summed E-state index contributed by atoms with van der Waals surface area (Å²) < 4.78 is 0. The van der Waals surface area contributed by atoms with Crippen LogP contribution in [0.5, 0.6) is 0 Å². The van der Waals surface area contributed by atoms with Gasteiger partial charge in [0.25, 0.3) is 5.91 Å². The highest BCUT2D eigenvalue weighted by molar-refractivity contribution is 6.30. The smallest absolute Gasteiger partial charge is 0.255 e. The van der Waals surface area contributed by atoms with E-state index in [1.807, 2.05) is 55.6 Å². The number of nitrogens with zero attached hydrogens (tertiary/aromatic N) is 2. The molecule has 0 radical (unpaired) electrons. The third-order valence-electron chi connectivity index (χ3n) is 5.07. The Morgan fingerprint density at radius 1 is 1.15 bits per heavy atom. The van der Waals surface area contributed by atoms with Crippen LogP contribution in [0.4, 0.5) is 0 Å². The molecule has 1 aliphatic rings. The monoisotopic (exact) mass is 384 g/mol. The molecule has 0 spiro atoms. The fourth-order valence-corrected chi connectivity index (χ4v) is 3.61. The summed E-state index contributed by atoms with van der Waals surface area (Å²) in [5.41, 5.74) is 2.54. The molecule has 0 bridgehead atoms. The van der Waals surface area contributed by atoms with Crippen LogP contribution in [0.15, 0.2) is 48.5 Å². The number of hydrogen-bond donors (Lipinski definition) is 0. The number of fused-ring (bicyclic) bond motifs is 1. The molecule has 0 N–H and O–H groups in total. The summed E-state index contributed by atoms with van der Waals surface area (Å²) in [5.74, 6) is -0.0836. The maximum atomic E-state index is 13.1. The van der Waals surface area contributed by atoms with Gasteiger partial charge in [-0.25, -0.2) is 0 Å². The normalized spacial score (nSPS) is 15.7. The molecule has 2 aromatic rings. The minimum absolute atomic E-state index is 0.0159. The Hall–Kier alpha value is -2.33. The first kappa shape index (κ1) is 19.4. The second-order valence-corrected chi connectivity index (χ2v) is 7.41. The summed E-state index contributed by atoms with van der Waals surface area (Å²) in [4.78, 5) is 29.6. The van der Waals surface area contributed by atoms with Crippen molar-refractivity contribution in [2.45, 2.75) is 32.2 Å². The Bertz CT molecular complexity index is 819. The third-order valence-corrected chi connectivity index (χ3v) is 5.32. The van der Waals surface area contributed by atoms with Crippen molar-refractivity contribution in [3.63, 3.8) is 0 Å². The number of hydrogen-bond acceptors (Lipinski definition) is 2. The number of benzene rings is 2. The minimum Gasteiger partial charge on any atom is -0.344 e. The zero-order valence-electron chi connectivity index (χ0n) is 15.8. The van der Waals surface area contributed by atoms with Crippen molar-refractivity contribution in [3.8, 4) is 0 Å². The van der Waals surface area contributed by atoms with E-state index in [0.717, 1.165) is 24.0 Å². The van der Waals surface area contributed by atoms with Gasteiger partial charge in [0.05, 0.1) is 0 Å². The highest BCUT2D eigenvalue weighted by atomic mass is 35.5. The van der Waals surface area contributed by atoms with Crippen molar-refractivity contribution in [2.24, 2.45) is 0 Å². The van der Waals surface area contributed by atoms with E-state index in [9.17, 15) is 9.59 Å². The molecule has 0 aliphatic carbocycles. The van der Waals surface area contributed by atoms with Crippen LogP contribution in [0.25, 0.3) is 0 Å². The molecule has 2 aromatic carbocycles. The molecule has 4 nitrogen and oxygen atoms in total. The predicted molar refractivity (Wildman–Crippen MR) is 108 cm³/mol. The standard InChI is InChI=1S/C22H25ClN2O2/c1-3-4-14-24(2)22(27)20-18-7-5-6-8-19(18)21(26)25(20)15-13-16-9-11-17(23)12-10-16/h5-12,20H,3-4,13-15H2,1-2H3. The maximum absolute atomic E-state index is 13.1. The largest absolute Gasteiger partial charge is 0.344 e. The molecule has 2 amide bonds. The second-order valence-electron chi connectivity index (χ2n) is 6.98. The highest BCUT2D eigenvalue weighted by Crippen LogP contribution is 2.35. The van der Waals surface area contributed by atoms with E-state index in [0.29, 0.717) is 30.1 Å². The van der Waals surface area contributed by atoms with Crippen LogP contribution < -0.4 is 0 Å². The Kier molecular flexibility index (Phi) is 6.17. The lowest BCUT2D eigenvalue weighted by atomic mass is 10.0. The summed E-state index contributed by atoms with van der Waals surface area (Å²) in [7, 11) is 1.82. The number of carbonyl (C=O) groups excluding carboxylic acids is 2. The number of carbonyl (C=O) groups is 2. The first-order chi connectivity index (χ1) is 13.0. The lowest BCUT2D eigenvalue weighted by Crippen LogP contribution is -2.41. The zero-order chi connectivity index (χ0) is 19.4. The molecule has 1 aliphatic heterocycles. The molecule has 0 saturated carbocycles. The van der Waals surface area contributed by atoms with Gasteiger partial charge in [0.15, 0.2) is 0 Å². The van der Waals surface area contributed by atoms with Gasteiger partial charge in [0, 0.05) is 30.7 Å². The van der Waals surface area contributed by atoms with Crippen LogP contribution in [0.2, 0.25) is 5.02 Å². The van der Waals surface area contributed by atoms with Crippen molar-refractivity contribution in [1.82, 2.24) is 9.80 Å². The van der Waals surface area contributed by atoms with Crippen molar-refractivity contribution in [2.75, 3.05) is 20.1 Å². The minimum atomic E-state index is -0.539. The van der Waals surface area contributed by atoms with Crippen LogP contribution in [0.3, 0.4) is 0 Å². The Labute approximate surface area is 165 Å². The van der Waals surface area contributed by atoms with Gasteiger partial charge in [-0.15, -0.1) is 0 Å². The van der Waals surface area contributed by atoms with Crippen LogP contribution in [0, 0.1) is 0 Å². The van der Waals surface area contributed by atoms with E-state index in [1.165, 1.54) is 0 Å². The van der Waals surface area contributed by atoms with Gasteiger partial charge in [0.2, 0.25) is 5.91 Å². The number of amides is 2. The number of rotatable bonds is 7. The van der Waals surface area contributed by atoms with Crippen molar-refractivity contribution >= 4 is 23.4 Å². The summed E-state index contributed by atoms with van der Waals surface area (Å²) in [6.45, 7) is 3.30. The van der Waals surface area contributed by atoms with Crippen LogP contribution in [-0.4, -0.2) is 41.8 Å². The first-order valence-corrected chi connectivity index (χ1v) is 9.80. The quantitative estimate of drug-likeness (QED) is 0.712. The molecule has 1 unspecified atom stereocenters. The van der Waals surface area contributed by atoms with Gasteiger partial charge in [-0.05, 0) is 42.2 Å². The molecule has 3 rings (SSSR count). The van der Waals surface area contributed by atoms with Gasteiger partial charge >= 0.3 is 0 Å². The first-order valence-electron chi connectivity index (χ1n) is 9.42. The van der Waals surface area contributed by atoms with E-state index in [4.69, 9.17) is 11.6 Å². The van der Waals surface area contributed by atoms with Crippen LogP contribution in [0.1, 0.15) is 47.3 Å². The molecule has 142 valence electrons. The van der Waals surface area contributed by atoms with Crippen molar-refractivity contribution in [3.05, 3.63) is 70.2 Å². The van der Waals surface area contributed by atoms with E-state index in [2.05, 4.69) is 6.92 Å². The SMILES string of the molecule is CCCCN(C)C(=O)C1c2ccccc2C(=O)N1CCc1ccc(Cl)cc1. The van der Waals surface area contributed by atoms with Crippen LogP contribution >= 0.6 is 11.6 Å². The van der Waals surface area contributed by atoms with Gasteiger partial charge in [-0.2, -0.15) is 0 Å². The molecule has 1 heterocycles. The van der Waals surface area contributed by atoms with E-state index in [1.54, 1.807) is 9.80 Å². The van der Waals surface area contributed by atoms with Gasteiger partial charge in [0.1, 0.15) is 6.04 Å². The van der Waals surface area contributed by atoms with Crippen LogP contribution in [-0.2, 0) is 11.2 Å². The van der Waals surface area contributed by atoms with E-state index < -0.39 is 6.04 Å². The lowest BCUT2D eigenvalue weighted by Gasteiger charge is -2.28. The highest BCUT2D eigenvalue weighted by Gasteiger charge is 2.41. The molecular weight excluding hydrogens is 360 g/mol. The average molecular weight is 385 g/mol. The lowest BCUT2D eigenvalue weighted by molar-refractivity contribution is -0.134. The second kappa shape index (κ2) is 8.57. The number of halogens is 1. The Morgan fingerprint density at radius 2 is 1.85 bits per heavy atom. The fraction of sp³-hybridized carbons (Fsp3) is 0.364. The number of unbranched alkanes of at least 4 members (excludes halogenated alkanes) is 1. The average Bonchev–Trinajstić information content (AvgIpc) is 2.97. The zero-order valence-corrected chi connectivity index (χ0v) is 16.6. The Balaban J connectivity index is 1.82. The van der Waals surface area contributed by atoms with Crippen molar-refractivity contribution < 1.29 is 9.59 Å². The molecule has 0 fully saturated rings. The van der Waals surface area contributed by atoms with Gasteiger partial charge in [-0.1, -0.05) is 55.3 Å². The third kappa shape index (κ3) is 4.16. The maximum Gasteiger partial charge on any atom is 0.255 e. The van der Waals surface area contributed by atoms with Gasteiger partial charge in [-0.3, -0.25) is 9.59 Å². The summed E-state index contributed by atoms with van der Waals surface area (Å²) in [6.07, 6.45) is 2.66. The fourth-order valence-electron chi connectivity index (χ4n) is 3.48. The molecule has 27 heavy (non-hydrogen) atoms. The molecular formula is C22H25ClN2O2. The van der Waals surface area contributed by atoms with E-state index >= 15 is 0 Å². The number of likely N-dealkylation sites (N-methyl/N-ethyl adjacent to an activating group) is 1. The summed E-state index contributed by atoms with van der Waals surface area (Å²) in [6, 6.07) is 14.5. The molecule has 5 heteroatoms. The molecule has 0 aromatic heterocycles. The van der Waals surface area contributed by atoms with Crippen molar-refractivity contribution in [1.29, 1.82) is 0 Å². The summed E-state index contributed by atoms with van der Waals surface area (Å²) >= 11 is 5.95. The molecule has 0 saturated heterocycles. The summed E-state index contributed by atoms with van der Waals surface area (Å²) in [5, 5.41) is 0.689. The molecule has 1 atom stereocenters. The predicted octanol–water partition coefficient (Wildman–Crippen LogP) is 4.34. The van der Waals surface area contributed by atoms with E-state index in [-0.39, 0.29) is 11.8 Å². The van der Waals surface area contributed by atoms with Gasteiger partial charge < -0.3 is 9.80 Å². The topological polar surface area (TPSA) is 40.6 Å².